The Morgan fingerprint density at radius 2 is 2.12 bits per heavy atom. The molecule has 4 nitrogen and oxygen atoms in total. The van der Waals surface area contributed by atoms with Crippen LogP contribution in [0, 0.1) is 0 Å². The molecule has 1 heterocycles. The van der Waals surface area contributed by atoms with Gasteiger partial charge in [-0.05, 0) is 19.9 Å². The number of ether oxygens (including phenoxy) is 1. The Labute approximate surface area is 93.4 Å². The molecule has 0 unspecified atom stereocenters. The van der Waals surface area contributed by atoms with Crippen molar-refractivity contribution in [1.82, 2.24) is 0 Å². The number of hydrogen-bond donors (Lipinski definition) is 0. The van der Waals surface area contributed by atoms with Crippen molar-refractivity contribution in [2.45, 2.75) is 25.9 Å². The second-order valence-corrected chi connectivity index (χ2v) is 5.21. The third kappa shape index (κ3) is 2.27. The van der Waals surface area contributed by atoms with E-state index in [1.807, 2.05) is 13.8 Å². The molecule has 0 fully saturated rings. The van der Waals surface area contributed by atoms with E-state index < -0.39 is 16.1 Å². The molecule has 1 aliphatic rings. The fraction of sp³-hybridized carbons (Fsp3) is 0.400. The molecule has 0 saturated heterocycles. The van der Waals surface area contributed by atoms with Gasteiger partial charge in [0.25, 0.3) is 0 Å². The highest BCUT2D eigenvalue weighted by Crippen LogP contribution is 2.42. The minimum absolute atomic E-state index is 0.106. The molecule has 16 heavy (non-hydrogen) atoms. The second-order valence-electron chi connectivity index (χ2n) is 4.26. The highest BCUT2D eigenvalue weighted by Gasteiger charge is 2.33. The third-order valence-corrected chi connectivity index (χ3v) is 2.62. The van der Waals surface area contributed by atoms with Gasteiger partial charge in [0.05, 0.1) is 0 Å². The van der Waals surface area contributed by atoms with Crippen LogP contribution in [0.1, 0.15) is 19.4 Å². The van der Waals surface area contributed by atoms with Crippen molar-refractivity contribution in [1.29, 1.82) is 0 Å². The molecule has 0 bridgehead atoms. The van der Waals surface area contributed by atoms with Crippen LogP contribution in [0.4, 0.5) is 3.89 Å². The van der Waals surface area contributed by atoms with E-state index in [0.29, 0.717) is 12.2 Å². The van der Waals surface area contributed by atoms with Gasteiger partial charge in [-0.3, -0.25) is 0 Å². The van der Waals surface area contributed by atoms with Gasteiger partial charge in [0.2, 0.25) is 0 Å². The summed E-state index contributed by atoms with van der Waals surface area (Å²) in [6.45, 7) is 3.72. The lowest BCUT2D eigenvalue weighted by Gasteiger charge is -2.17. The van der Waals surface area contributed by atoms with Crippen molar-refractivity contribution in [2.24, 2.45) is 0 Å². The summed E-state index contributed by atoms with van der Waals surface area (Å²) in [5.41, 5.74) is 0.383. The smallest absolute Gasteiger partial charge is 0.483 e. The fourth-order valence-corrected chi connectivity index (χ4v) is 2.11. The second kappa shape index (κ2) is 3.35. The van der Waals surface area contributed by atoms with Crippen molar-refractivity contribution in [3.63, 3.8) is 0 Å². The van der Waals surface area contributed by atoms with E-state index in [0.717, 1.165) is 5.56 Å². The Balaban J connectivity index is 2.41. The van der Waals surface area contributed by atoms with E-state index in [9.17, 15) is 12.3 Å². The minimum Gasteiger partial charge on any atom is -0.483 e. The number of halogens is 1. The Kier molecular flexibility index (Phi) is 2.34. The Morgan fingerprint density at radius 3 is 2.75 bits per heavy atom. The average Bonchev–Trinajstić information content (AvgIpc) is 2.37. The molecule has 1 aromatic rings. The van der Waals surface area contributed by atoms with E-state index in [2.05, 4.69) is 4.18 Å². The molecule has 1 aromatic carbocycles. The number of rotatable bonds is 2. The van der Waals surface area contributed by atoms with Gasteiger partial charge in [0.1, 0.15) is 5.60 Å². The molecule has 0 saturated carbocycles. The predicted molar refractivity (Wildman–Crippen MR) is 55.5 cm³/mol. The molecule has 2 rings (SSSR count). The van der Waals surface area contributed by atoms with E-state index >= 15 is 0 Å². The van der Waals surface area contributed by atoms with Crippen LogP contribution in [0.25, 0.3) is 0 Å². The molecule has 0 aromatic heterocycles. The summed E-state index contributed by atoms with van der Waals surface area (Å²) in [5, 5.41) is 0. The van der Waals surface area contributed by atoms with Crippen LogP contribution in [0.2, 0.25) is 0 Å². The van der Waals surface area contributed by atoms with Gasteiger partial charge in [-0.1, -0.05) is 16.0 Å². The first-order valence-electron chi connectivity index (χ1n) is 4.72. The minimum atomic E-state index is -5.02. The molecule has 1 aliphatic heterocycles. The van der Waals surface area contributed by atoms with E-state index in [4.69, 9.17) is 4.74 Å². The molecular weight excluding hydrogens is 235 g/mol. The predicted octanol–water partition coefficient (Wildman–Crippen LogP) is 1.99. The van der Waals surface area contributed by atoms with Crippen LogP contribution < -0.4 is 8.92 Å². The maximum Gasteiger partial charge on any atom is 0.488 e. The largest absolute Gasteiger partial charge is 0.488 e. The average molecular weight is 246 g/mol. The first-order chi connectivity index (χ1) is 7.27. The monoisotopic (exact) mass is 246 g/mol. The molecule has 0 aliphatic carbocycles. The highest BCUT2D eigenvalue weighted by molar-refractivity contribution is 7.81. The standard InChI is InChI=1S/C10H11FO4S/c1-10(2)6-7-4-3-5-8(9(7)14-10)15-16(11,12)13/h3-5H,6H2,1-2H3. The van der Waals surface area contributed by atoms with Crippen LogP contribution >= 0.6 is 0 Å². The van der Waals surface area contributed by atoms with Gasteiger partial charge >= 0.3 is 10.5 Å². The maximum atomic E-state index is 12.4. The fourth-order valence-electron chi connectivity index (χ4n) is 1.76. The van der Waals surface area contributed by atoms with Crippen LogP contribution in [-0.4, -0.2) is 14.0 Å². The lowest BCUT2D eigenvalue weighted by molar-refractivity contribution is 0.135. The summed E-state index contributed by atoms with van der Waals surface area (Å²) in [7, 11) is -5.02. The summed E-state index contributed by atoms with van der Waals surface area (Å²) in [6, 6.07) is 4.75. The van der Waals surface area contributed by atoms with Gasteiger partial charge < -0.3 is 8.92 Å². The number of benzene rings is 1. The van der Waals surface area contributed by atoms with Crippen LogP contribution in [-0.2, 0) is 16.9 Å². The van der Waals surface area contributed by atoms with Gasteiger partial charge in [-0.2, -0.15) is 8.42 Å². The molecule has 0 atom stereocenters. The van der Waals surface area contributed by atoms with Crippen molar-refractivity contribution in [3.05, 3.63) is 23.8 Å². The third-order valence-electron chi connectivity index (χ3n) is 2.24. The number of fused-ring (bicyclic) bond motifs is 1. The zero-order valence-corrected chi connectivity index (χ0v) is 9.67. The summed E-state index contributed by atoms with van der Waals surface area (Å²) in [4.78, 5) is 0. The van der Waals surface area contributed by atoms with Gasteiger partial charge in [-0.25, -0.2) is 0 Å². The van der Waals surface area contributed by atoms with Crippen LogP contribution in [0.5, 0.6) is 11.5 Å². The lowest BCUT2D eigenvalue weighted by Crippen LogP contribution is -2.24. The molecule has 6 heteroatoms. The van der Waals surface area contributed by atoms with Gasteiger partial charge in [0, 0.05) is 12.0 Å². The number of hydrogen-bond acceptors (Lipinski definition) is 4. The Bertz CT molecular complexity index is 522. The molecule has 0 amide bonds. The first-order valence-corrected chi connectivity index (χ1v) is 6.03. The van der Waals surface area contributed by atoms with Crippen molar-refractivity contribution < 1.29 is 21.2 Å². The molecular formula is C10H11FO4S. The van der Waals surface area contributed by atoms with E-state index in [1.54, 1.807) is 12.1 Å². The van der Waals surface area contributed by atoms with Gasteiger partial charge in [-0.15, -0.1) is 0 Å². The zero-order valence-electron chi connectivity index (χ0n) is 8.86. The Hall–Kier alpha value is -1.30. The quantitative estimate of drug-likeness (QED) is 0.749. The maximum absolute atomic E-state index is 12.4. The highest BCUT2D eigenvalue weighted by atomic mass is 32.3. The lowest BCUT2D eigenvalue weighted by atomic mass is 10.0. The van der Waals surface area contributed by atoms with Crippen LogP contribution in [0.3, 0.4) is 0 Å². The molecule has 0 spiro atoms. The van der Waals surface area contributed by atoms with Gasteiger partial charge in [0.15, 0.2) is 11.5 Å². The summed E-state index contributed by atoms with van der Waals surface area (Å²) in [5.74, 6) is 0.194. The van der Waals surface area contributed by atoms with Crippen molar-refractivity contribution in [2.75, 3.05) is 0 Å². The van der Waals surface area contributed by atoms with Crippen LogP contribution in [0.15, 0.2) is 18.2 Å². The summed E-state index contributed by atoms with van der Waals surface area (Å²) in [6.07, 6.45) is 0.631. The molecule has 0 N–H and O–H groups in total. The topological polar surface area (TPSA) is 52.6 Å². The first kappa shape index (κ1) is 11.2. The normalized spacial score (nSPS) is 17.7. The summed E-state index contributed by atoms with van der Waals surface area (Å²) < 4.78 is 43.0. The Morgan fingerprint density at radius 1 is 1.44 bits per heavy atom. The SMILES string of the molecule is CC1(C)Cc2cccc(OS(=O)(=O)F)c2O1. The summed E-state index contributed by atoms with van der Waals surface area (Å²) >= 11 is 0. The molecule has 0 radical (unpaired) electrons. The molecule has 88 valence electrons. The number of para-hydroxylation sites is 1. The van der Waals surface area contributed by atoms with Crippen molar-refractivity contribution >= 4 is 10.5 Å². The van der Waals surface area contributed by atoms with Crippen molar-refractivity contribution in [3.8, 4) is 11.5 Å². The van der Waals surface area contributed by atoms with E-state index in [1.165, 1.54) is 6.07 Å². The van der Waals surface area contributed by atoms with E-state index in [-0.39, 0.29) is 5.75 Å². The zero-order chi connectivity index (χ0) is 12.0.